The Morgan fingerprint density at radius 1 is 1.36 bits per heavy atom. The molecular weight excluding hydrogens is 194 g/mol. The Bertz CT molecular complexity index is 326. The number of carbonyl (C=O) groups is 1. The predicted molar refractivity (Wildman–Crippen MR) is 61.0 cm³/mol. The Hall–Kier alpha value is -0.830. The van der Waals surface area contributed by atoms with Crippen molar-refractivity contribution in [3.05, 3.63) is 21.4 Å². The minimum absolute atomic E-state index is 0.164. The third kappa shape index (κ3) is 1.98. The molecule has 3 heteroatoms. The Kier molecular flexibility index (Phi) is 3.69. The highest BCUT2D eigenvalue weighted by atomic mass is 32.1. The van der Waals surface area contributed by atoms with E-state index in [1.807, 2.05) is 31.1 Å². The molecule has 78 valence electrons. The molecule has 2 nitrogen and oxygen atoms in total. The fourth-order valence-electron chi connectivity index (χ4n) is 1.41. The van der Waals surface area contributed by atoms with Gasteiger partial charge in [0.15, 0.2) is 0 Å². The van der Waals surface area contributed by atoms with Gasteiger partial charge >= 0.3 is 0 Å². The Morgan fingerprint density at radius 3 is 2.29 bits per heavy atom. The average Bonchev–Trinajstić information content (AvgIpc) is 2.49. The second kappa shape index (κ2) is 4.60. The molecule has 0 radical (unpaired) electrons. The summed E-state index contributed by atoms with van der Waals surface area (Å²) in [6.07, 6.45) is 0. The highest BCUT2D eigenvalue weighted by Crippen LogP contribution is 2.21. The summed E-state index contributed by atoms with van der Waals surface area (Å²) in [5.41, 5.74) is 2.00. The SMILES string of the molecule is CCN(CC)C(=O)c1csc(C)c1C. The molecular formula is C11H17NOS. The Morgan fingerprint density at radius 2 is 1.93 bits per heavy atom. The van der Waals surface area contributed by atoms with Crippen LogP contribution in [0.3, 0.4) is 0 Å². The fourth-order valence-corrected chi connectivity index (χ4v) is 2.26. The lowest BCUT2D eigenvalue weighted by Crippen LogP contribution is -2.30. The summed E-state index contributed by atoms with van der Waals surface area (Å²) < 4.78 is 0. The molecule has 0 unspecified atom stereocenters. The maximum atomic E-state index is 12.0. The second-order valence-corrected chi connectivity index (χ2v) is 4.39. The van der Waals surface area contributed by atoms with Crippen LogP contribution in [-0.2, 0) is 0 Å². The van der Waals surface area contributed by atoms with Gasteiger partial charge < -0.3 is 4.90 Å². The van der Waals surface area contributed by atoms with E-state index in [-0.39, 0.29) is 5.91 Å². The van der Waals surface area contributed by atoms with Gasteiger partial charge in [0.2, 0.25) is 0 Å². The van der Waals surface area contributed by atoms with Crippen molar-refractivity contribution in [1.29, 1.82) is 0 Å². The van der Waals surface area contributed by atoms with Crippen LogP contribution in [0.4, 0.5) is 0 Å². The summed E-state index contributed by atoms with van der Waals surface area (Å²) in [5.74, 6) is 0.164. The van der Waals surface area contributed by atoms with Gasteiger partial charge in [-0.25, -0.2) is 0 Å². The van der Waals surface area contributed by atoms with Gasteiger partial charge in [0.1, 0.15) is 0 Å². The summed E-state index contributed by atoms with van der Waals surface area (Å²) in [4.78, 5) is 15.1. The molecule has 1 rings (SSSR count). The normalized spacial score (nSPS) is 10.3. The molecule has 1 aromatic heterocycles. The third-order valence-corrected chi connectivity index (χ3v) is 3.58. The van der Waals surface area contributed by atoms with Crippen LogP contribution in [0.5, 0.6) is 0 Å². The number of aryl methyl sites for hydroxylation is 1. The van der Waals surface area contributed by atoms with E-state index in [1.165, 1.54) is 4.88 Å². The molecule has 14 heavy (non-hydrogen) atoms. The zero-order valence-electron chi connectivity index (χ0n) is 9.26. The van der Waals surface area contributed by atoms with Gasteiger partial charge in [0, 0.05) is 23.3 Å². The van der Waals surface area contributed by atoms with E-state index in [0.29, 0.717) is 0 Å². The second-order valence-electron chi connectivity index (χ2n) is 3.31. The van der Waals surface area contributed by atoms with Crippen molar-refractivity contribution in [3.8, 4) is 0 Å². The van der Waals surface area contributed by atoms with Crippen molar-refractivity contribution < 1.29 is 4.79 Å². The van der Waals surface area contributed by atoms with Crippen molar-refractivity contribution in [1.82, 2.24) is 4.90 Å². The van der Waals surface area contributed by atoms with Crippen molar-refractivity contribution >= 4 is 17.2 Å². The van der Waals surface area contributed by atoms with Crippen molar-refractivity contribution in [3.63, 3.8) is 0 Å². The highest BCUT2D eigenvalue weighted by molar-refractivity contribution is 7.10. The third-order valence-electron chi connectivity index (χ3n) is 2.57. The van der Waals surface area contributed by atoms with Gasteiger partial charge in [0.25, 0.3) is 5.91 Å². The standard InChI is InChI=1S/C11H17NOS/c1-5-12(6-2)11(13)10-7-14-9(4)8(10)3/h7H,5-6H2,1-4H3. The van der Waals surface area contributed by atoms with E-state index in [9.17, 15) is 4.79 Å². The van der Waals surface area contributed by atoms with Crippen LogP contribution >= 0.6 is 11.3 Å². The van der Waals surface area contributed by atoms with E-state index < -0.39 is 0 Å². The molecule has 0 saturated heterocycles. The summed E-state index contributed by atoms with van der Waals surface area (Å²) in [6, 6.07) is 0. The van der Waals surface area contributed by atoms with Crippen LogP contribution in [0.1, 0.15) is 34.6 Å². The van der Waals surface area contributed by atoms with Gasteiger partial charge in [-0.3, -0.25) is 4.79 Å². The quantitative estimate of drug-likeness (QED) is 0.753. The molecule has 1 amide bonds. The maximum absolute atomic E-state index is 12.0. The van der Waals surface area contributed by atoms with E-state index >= 15 is 0 Å². The summed E-state index contributed by atoms with van der Waals surface area (Å²) in [7, 11) is 0. The number of thiophene rings is 1. The molecule has 0 fully saturated rings. The van der Waals surface area contributed by atoms with E-state index in [1.54, 1.807) is 11.3 Å². The smallest absolute Gasteiger partial charge is 0.254 e. The fraction of sp³-hybridized carbons (Fsp3) is 0.545. The van der Waals surface area contributed by atoms with Crippen molar-refractivity contribution in [2.75, 3.05) is 13.1 Å². The molecule has 0 aliphatic heterocycles. The van der Waals surface area contributed by atoms with E-state index in [2.05, 4.69) is 6.92 Å². The van der Waals surface area contributed by atoms with Crippen LogP contribution in [0.25, 0.3) is 0 Å². The minimum Gasteiger partial charge on any atom is -0.339 e. The molecule has 1 heterocycles. The summed E-state index contributed by atoms with van der Waals surface area (Å²) in [6.45, 7) is 9.65. The first-order valence-electron chi connectivity index (χ1n) is 4.95. The minimum atomic E-state index is 0.164. The molecule has 0 atom stereocenters. The Labute approximate surface area is 89.5 Å². The number of carbonyl (C=O) groups excluding carboxylic acids is 1. The van der Waals surface area contributed by atoms with Crippen LogP contribution in [-0.4, -0.2) is 23.9 Å². The van der Waals surface area contributed by atoms with E-state index in [4.69, 9.17) is 0 Å². The largest absolute Gasteiger partial charge is 0.339 e. The number of rotatable bonds is 3. The first kappa shape index (κ1) is 11.2. The lowest BCUT2D eigenvalue weighted by molar-refractivity contribution is 0.0773. The van der Waals surface area contributed by atoms with Crippen molar-refractivity contribution in [2.45, 2.75) is 27.7 Å². The molecule has 0 saturated carbocycles. The summed E-state index contributed by atoms with van der Waals surface area (Å²) >= 11 is 1.65. The first-order valence-corrected chi connectivity index (χ1v) is 5.83. The topological polar surface area (TPSA) is 20.3 Å². The van der Waals surface area contributed by atoms with Gasteiger partial charge in [-0.05, 0) is 33.3 Å². The molecule has 0 aliphatic carbocycles. The number of hydrogen-bond acceptors (Lipinski definition) is 2. The van der Waals surface area contributed by atoms with Gasteiger partial charge in [-0.15, -0.1) is 11.3 Å². The molecule has 0 spiro atoms. The first-order chi connectivity index (χ1) is 6.61. The predicted octanol–water partition coefficient (Wildman–Crippen LogP) is 2.85. The molecule has 0 aliphatic rings. The van der Waals surface area contributed by atoms with Gasteiger partial charge in [-0.2, -0.15) is 0 Å². The molecule has 0 bridgehead atoms. The molecule has 0 aromatic carbocycles. The zero-order valence-corrected chi connectivity index (χ0v) is 10.1. The number of nitrogens with zero attached hydrogens (tertiary/aromatic N) is 1. The van der Waals surface area contributed by atoms with Gasteiger partial charge in [-0.1, -0.05) is 0 Å². The lowest BCUT2D eigenvalue weighted by Gasteiger charge is -2.18. The van der Waals surface area contributed by atoms with Crippen molar-refractivity contribution in [2.24, 2.45) is 0 Å². The van der Waals surface area contributed by atoms with Crippen LogP contribution < -0.4 is 0 Å². The Balaban J connectivity index is 2.94. The molecule has 1 aromatic rings. The van der Waals surface area contributed by atoms with E-state index in [0.717, 1.165) is 24.2 Å². The lowest BCUT2D eigenvalue weighted by atomic mass is 10.1. The van der Waals surface area contributed by atoms with Crippen LogP contribution in [0.15, 0.2) is 5.38 Å². The van der Waals surface area contributed by atoms with Crippen LogP contribution in [0.2, 0.25) is 0 Å². The highest BCUT2D eigenvalue weighted by Gasteiger charge is 2.16. The zero-order chi connectivity index (χ0) is 10.7. The molecule has 0 N–H and O–H groups in total. The monoisotopic (exact) mass is 211 g/mol. The summed E-state index contributed by atoms with van der Waals surface area (Å²) in [5, 5.41) is 1.96. The van der Waals surface area contributed by atoms with Gasteiger partial charge in [0.05, 0.1) is 5.56 Å². The van der Waals surface area contributed by atoms with Crippen LogP contribution in [0, 0.1) is 13.8 Å². The maximum Gasteiger partial charge on any atom is 0.254 e. The number of amides is 1. The average molecular weight is 211 g/mol. The number of hydrogen-bond donors (Lipinski definition) is 0.